The third kappa shape index (κ3) is 2.56. The van der Waals surface area contributed by atoms with Crippen LogP contribution in [-0.2, 0) is 6.54 Å². The first-order chi connectivity index (χ1) is 9.56. The number of aromatic nitrogens is 3. The summed E-state index contributed by atoms with van der Waals surface area (Å²) in [5, 5.41) is 17.0. The van der Waals surface area contributed by atoms with Gasteiger partial charge in [0, 0.05) is 6.54 Å². The monoisotopic (exact) mass is 279 g/mol. The first-order valence-electron chi connectivity index (χ1n) is 6.66. The summed E-state index contributed by atoms with van der Waals surface area (Å²) >= 11 is 0. The van der Waals surface area contributed by atoms with E-state index in [1.807, 2.05) is 0 Å². The Morgan fingerprint density at radius 1 is 1.35 bits per heavy atom. The van der Waals surface area contributed by atoms with Gasteiger partial charge in [-0.15, -0.1) is 0 Å². The lowest BCUT2D eigenvalue weighted by Crippen LogP contribution is -2.26. The minimum absolute atomic E-state index is 0.0328. The van der Waals surface area contributed by atoms with Crippen molar-refractivity contribution in [3.8, 4) is 0 Å². The molecule has 0 aliphatic rings. The SMILES string of the molecule is CCCCCCn1nc(C(=O)O)c2c(C)onc2c1=O. The van der Waals surface area contributed by atoms with Gasteiger partial charge in [-0.3, -0.25) is 4.79 Å². The Hall–Kier alpha value is -2.18. The number of nitrogens with zero attached hydrogens (tertiary/aromatic N) is 3. The second-order valence-electron chi connectivity index (χ2n) is 4.71. The van der Waals surface area contributed by atoms with Gasteiger partial charge in [-0.05, 0) is 13.3 Å². The smallest absolute Gasteiger partial charge is 0.357 e. The Morgan fingerprint density at radius 3 is 2.75 bits per heavy atom. The van der Waals surface area contributed by atoms with Crippen LogP contribution >= 0.6 is 0 Å². The predicted molar refractivity (Wildman–Crippen MR) is 71.9 cm³/mol. The molecule has 2 heterocycles. The topological polar surface area (TPSA) is 98.2 Å². The van der Waals surface area contributed by atoms with Crippen molar-refractivity contribution in [2.45, 2.75) is 46.1 Å². The van der Waals surface area contributed by atoms with Crippen LogP contribution in [0.25, 0.3) is 10.9 Å². The number of rotatable bonds is 6. The van der Waals surface area contributed by atoms with Gasteiger partial charge in [-0.25, -0.2) is 9.48 Å². The van der Waals surface area contributed by atoms with Crippen LogP contribution in [0.2, 0.25) is 0 Å². The summed E-state index contributed by atoms with van der Waals surface area (Å²) in [5.74, 6) is -0.899. The van der Waals surface area contributed by atoms with E-state index in [9.17, 15) is 14.7 Å². The average molecular weight is 279 g/mol. The molecule has 7 heteroatoms. The van der Waals surface area contributed by atoms with Gasteiger partial charge in [0.15, 0.2) is 11.2 Å². The molecule has 2 aromatic heterocycles. The Morgan fingerprint density at radius 2 is 2.10 bits per heavy atom. The first-order valence-corrected chi connectivity index (χ1v) is 6.66. The average Bonchev–Trinajstić information content (AvgIpc) is 2.79. The highest BCUT2D eigenvalue weighted by Gasteiger charge is 2.21. The fourth-order valence-electron chi connectivity index (χ4n) is 2.12. The molecular formula is C13H17N3O4. The summed E-state index contributed by atoms with van der Waals surface area (Å²) in [6.07, 6.45) is 3.92. The molecule has 0 radical (unpaired) electrons. The van der Waals surface area contributed by atoms with Crippen LogP contribution < -0.4 is 5.56 Å². The number of hydrogen-bond donors (Lipinski definition) is 1. The van der Waals surface area contributed by atoms with Crippen molar-refractivity contribution in [1.82, 2.24) is 14.9 Å². The first kappa shape index (κ1) is 14.2. The Labute approximate surface area is 115 Å². The molecule has 2 rings (SSSR count). The molecule has 0 aliphatic carbocycles. The fraction of sp³-hybridized carbons (Fsp3) is 0.538. The highest BCUT2D eigenvalue weighted by molar-refractivity contribution is 6.00. The highest BCUT2D eigenvalue weighted by Crippen LogP contribution is 2.17. The number of hydrogen-bond acceptors (Lipinski definition) is 5. The molecule has 20 heavy (non-hydrogen) atoms. The summed E-state index contributed by atoms with van der Waals surface area (Å²) in [6, 6.07) is 0. The number of fused-ring (bicyclic) bond motifs is 1. The molecule has 7 nitrogen and oxygen atoms in total. The van der Waals surface area contributed by atoms with E-state index in [0.717, 1.165) is 25.7 Å². The van der Waals surface area contributed by atoms with Crippen LogP contribution in [0.1, 0.15) is 48.9 Å². The van der Waals surface area contributed by atoms with Crippen molar-refractivity contribution >= 4 is 16.9 Å². The maximum absolute atomic E-state index is 12.2. The van der Waals surface area contributed by atoms with Gasteiger partial charge in [0.1, 0.15) is 5.76 Å². The van der Waals surface area contributed by atoms with Gasteiger partial charge in [-0.2, -0.15) is 5.10 Å². The Bertz CT molecular complexity index is 687. The number of aryl methyl sites for hydroxylation is 2. The fourth-order valence-corrected chi connectivity index (χ4v) is 2.12. The molecule has 0 atom stereocenters. The van der Waals surface area contributed by atoms with Crippen LogP contribution in [0.3, 0.4) is 0 Å². The third-order valence-corrected chi connectivity index (χ3v) is 3.18. The zero-order valence-electron chi connectivity index (χ0n) is 11.5. The van der Waals surface area contributed by atoms with Crippen LogP contribution in [0.4, 0.5) is 0 Å². The third-order valence-electron chi connectivity index (χ3n) is 3.18. The van der Waals surface area contributed by atoms with Crippen molar-refractivity contribution < 1.29 is 14.4 Å². The minimum atomic E-state index is -1.19. The van der Waals surface area contributed by atoms with E-state index < -0.39 is 11.5 Å². The largest absolute Gasteiger partial charge is 0.476 e. The maximum atomic E-state index is 12.2. The quantitative estimate of drug-likeness (QED) is 0.812. The molecule has 0 unspecified atom stereocenters. The van der Waals surface area contributed by atoms with Crippen molar-refractivity contribution in [1.29, 1.82) is 0 Å². The Kier molecular flexibility index (Phi) is 4.16. The minimum Gasteiger partial charge on any atom is -0.476 e. The summed E-state index contributed by atoms with van der Waals surface area (Å²) in [6.45, 7) is 4.05. The molecule has 0 saturated carbocycles. The zero-order chi connectivity index (χ0) is 14.7. The van der Waals surface area contributed by atoms with Crippen LogP contribution in [0.15, 0.2) is 9.32 Å². The molecule has 0 amide bonds. The van der Waals surface area contributed by atoms with Crippen LogP contribution in [0, 0.1) is 6.92 Å². The second-order valence-corrected chi connectivity index (χ2v) is 4.71. The summed E-state index contributed by atoms with van der Waals surface area (Å²) in [5.41, 5.74) is -0.558. The van der Waals surface area contributed by atoms with Gasteiger partial charge >= 0.3 is 5.97 Å². The van der Waals surface area contributed by atoms with E-state index >= 15 is 0 Å². The van der Waals surface area contributed by atoms with Crippen molar-refractivity contribution in [3.63, 3.8) is 0 Å². The second kappa shape index (κ2) is 5.85. The predicted octanol–water partition coefficient (Wildman–Crippen LogP) is 1.97. The molecule has 0 aliphatic heterocycles. The van der Waals surface area contributed by atoms with Gasteiger partial charge in [-0.1, -0.05) is 31.3 Å². The maximum Gasteiger partial charge on any atom is 0.357 e. The van der Waals surface area contributed by atoms with Crippen LogP contribution in [0.5, 0.6) is 0 Å². The standard InChI is InChI=1S/C13H17N3O4/c1-3-4-5-6-7-16-12(17)10-9(8(2)20-15-10)11(14-16)13(18)19/h3-7H2,1-2H3,(H,18,19). The number of aromatic carboxylic acids is 1. The lowest BCUT2D eigenvalue weighted by atomic mass is 10.2. The molecule has 0 bridgehead atoms. The van der Waals surface area contributed by atoms with Crippen molar-refractivity contribution in [2.75, 3.05) is 0 Å². The summed E-state index contributed by atoms with van der Waals surface area (Å²) in [7, 11) is 0. The van der Waals surface area contributed by atoms with Gasteiger partial charge < -0.3 is 9.63 Å². The summed E-state index contributed by atoms with van der Waals surface area (Å²) in [4.78, 5) is 23.4. The summed E-state index contributed by atoms with van der Waals surface area (Å²) < 4.78 is 6.09. The zero-order valence-corrected chi connectivity index (χ0v) is 11.5. The molecule has 1 N–H and O–H groups in total. The van der Waals surface area contributed by atoms with E-state index in [1.54, 1.807) is 6.92 Å². The van der Waals surface area contributed by atoms with Crippen molar-refractivity contribution in [2.24, 2.45) is 0 Å². The molecule has 0 spiro atoms. The molecular weight excluding hydrogens is 262 g/mol. The van der Waals surface area contributed by atoms with Crippen LogP contribution in [-0.4, -0.2) is 26.0 Å². The van der Waals surface area contributed by atoms with E-state index in [4.69, 9.17) is 4.52 Å². The molecule has 0 fully saturated rings. The van der Waals surface area contributed by atoms with Gasteiger partial charge in [0.05, 0.1) is 5.39 Å². The number of carbonyl (C=O) groups is 1. The highest BCUT2D eigenvalue weighted by atomic mass is 16.5. The van der Waals surface area contributed by atoms with Crippen molar-refractivity contribution in [3.05, 3.63) is 21.8 Å². The lowest BCUT2D eigenvalue weighted by molar-refractivity contribution is 0.0689. The van der Waals surface area contributed by atoms with E-state index in [0.29, 0.717) is 12.3 Å². The molecule has 108 valence electrons. The number of carboxylic acid groups (broad SMARTS) is 1. The molecule has 0 aromatic carbocycles. The van der Waals surface area contributed by atoms with E-state index in [-0.39, 0.29) is 16.6 Å². The lowest BCUT2D eigenvalue weighted by Gasteiger charge is -2.05. The van der Waals surface area contributed by atoms with Gasteiger partial charge in [0.2, 0.25) is 0 Å². The molecule has 0 saturated heterocycles. The van der Waals surface area contributed by atoms with E-state index in [1.165, 1.54) is 4.68 Å². The number of carboxylic acids is 1. The normalized spacial score (nSPS) is 11.1. The van der Waals surface area contributed by atoms with E-state index in [2.05, 4.69) is 17.2 Å². The number of unbranched alkanes of at least 4 members (excludes halogenated alkanes) is 3. The molecule has 2 aromatic rings. The van der Waals surface area contributed by atoms with Gasteiger partial charge in [0.25, 0.3) is 5.56 Å². The Balaban J connectivity index is 2.43.